The highest BCUT2D eigenvalue weighted by atomic mass is 16.5. The van der Waals surface area contributed by atoms with Crippen LogP contribution in [0.15, 0.2) is 0 Å². The Kier molecular flexibility index (Phi) is 17.8. The Labute approximate surface area is 159 Å². The molecular formula is C20H40N2O4. The molecule has 0 aromatic heterocycles. The lowest BCUT2D eigenvalue weighted by Gasteiger charge is -2.09. The number of unbranched alkanes of at least 4 members (excludes halogenated alkanes) is 7. The van der Waals surface area contributed by atoms with Gasteiger partial charge in [0.1, 0.15) is 0 Å². The van der Waals surface area contributed by atoms with E-state index >= 15 is 0 Å². The topological polar surface area (TPSA) is 76.7 Å². The maximum Gasteiger partial charge on any atom is 0.220 e. The Morgan fingerprint density at radius 3 is 1.85 bits per heavy atom. The molecule has 0 aromatic carbocycles. The monoisotopic (exact) mass is 372 g/mol. The molecule has 0 aliphatic heterocycles. The van der Waals surface area contributed by atoms with Gasteiger partial charge in [0, 0.05) is 26.4 Å². The van der Waals surface area contributed by atoms with Crippen molar-refractivity contribution in [3.05, 3.63) is 0 Å². The smallest absolute Gasteiger partial charge is 0.220 e. The van der Waals surface area contributed by atoms with E-state index in [1.54, 1.807) is 7.05 Å². The van der Waals surface area contributed by atoms with Crippen LogP contribution in [0.5, 0.6) is 0 Å². The average molecular weight is 373 g/mol. The molecule has 26 heavy (non-hydrogen) atoms. The molecule has 0 aliphatic rings. The molecule has 0 atom stereocenters. The number of hydrogen-bond donors (Lipinski definition) is 2. The van der Waals surface area contributed by atoms with Crippen molar-refractivity contribution in [3.8, 4) is 0 Å². The van der Waals surface area contributed by atoms with E-state index in [2.05, 4.69) is 10.6 Å². The summed E-state index contributed by atoms with van der Waals surface area (Å²) in [6.07, 6.45) is 10.4. The molecule has 0 fully saturated rings. The molecule has 2 N–H and O–H groups in total. The molecule has 0 bridgehead atoms. The van der Waals surface area contributed by atoms with Crippen molar-refractivity contribution in [1.29, 1.82) is 0 Å². The van der Waals surface area contributed by atoms with Gasteiger partial charge in [0.25, 0.3) is 0 Å². The van der Waals surface area contributed by atoms with Gasteiger partial charge in [0.2, 0.25) is 11.8 Å². The first kappa shape index (κ1) is 24.9. The Hall–Kier alpha value is -1.14. The van der Waals surface area contributed by atoms with E-state index < -0.39 is 0 Å². The minimum Gasteiger partial charge on any atom is -0.377 e. The first-order chi connectivity index (χ1) is 12.6. The highest BCUT2D eigenvalue weighted by molar-refractivity contribution is 5.75. The predicted octanol–water partition coefficient (Wildman–Crippen LogP) is 3.19. The van der Waals surface area contributed by atoms with Crippen LogP contribution < -0.4 is 10.6 Å². The second-order valence-corrected chi connectivity index (χ2v) is 6.88. The largest absolute Gasteiger partial charge is 0.377 e. The van der Waals surface area contributed by atoms with Crippen LogP contribution >= 0.6 is 0 Å². The molecule has 0 saturated carbocycles. The molecular weight excluding hydrogens is 332 g/mol. The standard InChI is InChI=1S/C20H40N2O4/c1-18(2)26-17-16-25-15-14-22-20(24)13-11-9-7-5-4-6-8-10-12-19(23)21-3/h18H,4-17H2,1-3H3,(H,21,23)(H,22,24). The second-order valence-electron chi connectivity index (χ2n) is 6.88. The SMILES string of the molecule is CNC(=O)CCCCCCCCCCC(=O)NCCOCCOC(C)C. The van der Waals surface area contributed by atoms with E-state index in [0.29, 0.717) is 39.2 Å². The third kappa shape index (κ3) is 19.2. The summed E-state index contributed by atoms with van der Waals surface area (Å²) >= 11 is 0. The van der Waals surface area contributed by atoms with Gasteiger partial charge in [-0.2, -0.15) is 0 Å². The van der Waals surface area contributed by atoms with E-state index in [0.717, 1.165) is 25.7 Å². The molecule has 0 aromatic rings. The van der Waals surface area contributed by atoms with E-state index in [-0.39, 0.29) is 17.9 Å². The van der Waals surface area contributed by atoms with Gasteiger partial charge < -0.3 is 20.1 Å². The van der Waals surface area contributed by atoms with Gasteiger partial charge in [0.15, 0.2) is 0 Å². The zero-order valence-electron chi connectivity index (χ0n) is 17.1. The summed E-state index contributed by atoms with van der Waals surface area (Å²) in [5.74, 6) is 0.246. The lowest BCUT2D eigenvalue weighted by Crippen LogP contribution is -2.27. The van der Waals surface area contributed by atoms with Crippen molar-refractivity contribution in [2.75, 3.05) is 33.4 Å². The van der Waals surface area contributed by atoms with Crippen LogP contribution in [0.4, 0.5) is 0 Å². The van der Waals surface area contributed by atoms with Crippen molar-refractivity contribution in [3.63, 3.8) is 0 Å². The number of hydrogen-bond acceptors (Lipinski definition) is 4. The number of amides is 2. The zero-order chi connectivity index (χ0) is 19.5. The Morgan fingerprint density at radius 1 is 0.769 bits per heavy atom. The summed E-state index contributed by atoms with van der Waals surface area (Å²) < 4.78 is 10.8. The lowest BCUT2D eigenvalue weighted by atomic mass is 10.1. The van der Waals surface area contributed by atoms with Crippen LogP contribution in [0.1, 0.15) is 78.1 Å². The van der Waals surface area contributed by atoms with E-state index in [9.17, 15) is 9.59 Å². The van der Waals surface area contributed by atoms with Crippen molar-refractivity contribution < 1.29 is 19.1 Å². The molecule has 2 amide bonds. The van der Waals surface area contributed by atoms with E-state index in [1.165, 1.54) is 25.7 Å². The van der Waals surface area contributed by atoms with Crippen LogP contribution in [-0.2, 0) is 19.1 Å². The fourth-order valence-corrected chi connectivity index (χ4v) is 2.55. The number of carbonyl (C=O) groups is 2. The van der Waals surface area contributed by atoms with Crippen LogP contribution in [0.3, 0.4) is 0 Å². The van der Waals surface area contributed by atoms with Gasteiger partial charge in [-0.3, -0.25) is 9.59 Å². The zero-order valence-corrected chi connectivity index (χ0v) is 17.1. The third-order valence-electron chi connectivity index (χ3n) is 4.08. The third-order valence-corrected chi connectivity index (χ3v) is 4.08. The van der Waals surface area contributed by atoms with Crippen LogP contribution in [0, 0.1) is 0 Å². The summed E-state index contributed by atoms with van der Waals surface area (Å²) in [5, 5.41) is 5.53. The molecule has 0 radical (unpaired) electrons. The van der Waals surface area contributed by atoms with Gasteiger partial charge in [-0.25, -0.2) is 0 Å². The summed E-state index contributed by atoms with van der Waals surface area (Å²) in [4.78, 5) is 22.7. The molecule has 0 heterocycles. The summed E-state index contributed by atoms with van der Waals surface area (Å²) in [7, 11) is 1.68. The van der Waals surface area contributed by atoms with Gasteiger partial charge in [-0.05, 0) is 26.7 Å². The van der Waals surface area contributed by atoms with Gasteiger partial charge in [0.05, 0.1) is 25.9 Å². The second kappa shape index (κ2) is 18.6. The number of rotatable bonds is 18. The molecule has 0 rings (SSSR count). The number of nitrogens with one attached hydrogen (secondary N) is 2. The molecule has 6 heteroatoms. The first-order valence-corrected chi connectivity index (χ1v) is 10.2. The first-order valence-electron chi connectivity index (χ1n) is 10.2. The number of ether oxygens (including phenoxy) is 2. The Balaban J connectivity index is 3.21. The van der Waals surface area contributed by atoms with E-state index in [4.69, 9.17) is 9.47 Å². The molecule has 6 nitrogen and oxygen atoms in total. The lowest BCUT2D eigenvalue weighted by molar-refractivity contribution is -0.122. The highest BCUT2D eigenvalue weighted by Crippen LogP contribution is 2.10. The minimum absolute atomic E-state index is 0.112. The number of carbonyl (C=O) groups excluding carboxylic acids is 2. The van der Waals surface area contributed by atoms with Crippen LogP contribution in [0.2, 0.25) is 0 Å². The van der Waals surface area contributed by atoms with Crippen molar-refractivity contribution in [2.24, 2.45) is 0 Å². The molecule has 0 saturated heterocycles. The van der Waals surface area contributed by atoms with Gasteiger partial charge in [-0.15, -0.1) is 0 Å². The normalized spacial score (nSPS) is 10.9. The van der Waals surface area contributed by atoms with Crippen LogP contribution in [-0.4, -0.2) is 51.3 Å². The Morgan fingerprint density at radius 2 is 1.31 bits per heavy atom. The molecule has 154 valence electrons. The van der Waals surface area contributed by atoms with Crippen molar-refractivity contribution in [2.45, 2.75) is 84.2 Å². The highest BCUT2D eigenvalue weighted by Gasteiger charge is 2.01. The maximum absolute atomic E-state index is 11.7. The fraction of sp³-hybridized carbons (Fsp3) is 0.900. The maximum atomic E-state index is 11.7. The predicted molar refractivity (Wildman–Crippen MR) is 105 cm³/mol. The molecule has 0 unspecified atom stereocenters. The van der Waals surface area contributed by atoms with Crippen molar-refractivity contribution >= 4 is 11.8 Å². The minimum atomic E-state index is 0.112. The quantitative estimate of drug-likeness (QED) is 0.362. The van der Waals surface area contributed by atoms with Crippen LogP contribution in [0.25, 0.3) is 0 Å². The molecule has 0 aliphatic carbocycles. The van der Waals surface area contributed by atoms with E-state index in [1.807, 2.05) is 13.8 Å². The average Bonchev–Trinajstić information content (AvgIpc) is 2.61. The fourth-order valence-electron chi connectivity index (χ4n) is 2.55. The van der Waals surface area contributed by atoms with Gasteiger partial charge >= 0.3 is 0 Å². The van der Waals surface area contributed by atoms with Crippen molar-refractivity contribution in [1.82, 2.24) is 10.6 Å². The summed E-state index contributed by atoms with van der Waals surface area (Å²) in [5.41, 5.74) is 0. The Bertz CT molecular complexity index is 349. The summed E-state index contributed by atoms with van der Waals surface area (Å²) in [6, 6.07) is 0. The van der Waals surface area contributed by atoms with Gasteiger partial charge in [-0.1, -0.05) is 38.5 Å². The molecule has 0 spiro atoms. The summed E-state index contributed by atoms with van der Waals surface area (Å²) in [6.45, 7) is 6.26.